The summed E-state index contributed by atoms with van der Waals surface area (Å²) in [6.45, 7) is 4.10. The monoisotopic (exact) mass is 253 g/mol. The molecule has 0 heterocycles. The van der Waals surface area contributed by atoms with Crippen molar-refractivity contribution >= 4 is 5.69 Å². The fourth-order valence-electron chi connectivity index (χ4n) is 2.21. The number of hydrogen-bond donors (Lipinski definition) is 2. The van der Waals surface area contributed by atoms with Gasteiger partial charge in [-0.25, -0.2) is 0 Å². The molecule has 0 fully saturated rings. The largest absolute Gasteiger partial charge is 0.494 e. The number of hydrogen-bond acceptors (Lipinski definition) is 4. The highest BCUT2D eigenvalue weighted by atomic mass is 16.5. The van der Waals surface area contributed by atoms with Crippen LogP contribution in [0, 0.1) is 13.8 Å². The van der Waals surface area contributed by atoms with Crippen molar-refractivity contribution in [2.24, 2.45) is 0 Å². The van der Waals surface area contributed by atoms with Gasteiger partial charge in [-0.1, -0.05) is 6.07 Å². The summed E-state index contributed by atoms with van der Waals surface area (Å²) in [5.74, 6) is 0.819. The lowest BCUT2D eigenvalue weighted by Crippen LogP contribution is -2.35. The molecular weight excluding hydrogens is 230 g/mol. The van der Waals surface area contributed by atoms with E-state index in [1.807, 2.05) is 31.9 Å². The van der Waals surface area contributed by atoms with Crippen molar-refractivity contribution in [1.29, 1.82) is 0 Å². The smallest absolute Gasteiger partial charge is 0.145 e. The molecule has 1 atom stereocenters. The first-order valence-electron chi connectivity index (χ1n) is 6.15. The van der Waals surface area contributed by atoms with Gasteiger partial charge in [-0.15, -0.1) is 0 Å². The lowest BCUT2D eigenvalue weighted by Gasteiger charge is -2.30. The van der Waals surface area contributed by atoms with Crippen LogP contribution in [0.4, 0.5) is 5.69 Å². The van der Waals surface area contributed by atoms with E-state index in [0.717, 1.165) is 22.6 Å². The SMILES string of the molecule is COc1c(C)cc(C)cc1N(C)C(CO)CCO. The summed E-state index contributed by atoms with van der Waals surface area (Å²) in [4.78, 5) is 1.97. The fourth-order valence-corrected chi connectivity index (χ4v) is 2.21. The van der Waals surface area contributed by atoms with Crippen molar-refractivity contribution in [3.8, 4) is 5.75 Å². The van der Waals surface area contributed by atoms with Crippen molar-refractivity contribution in [1.82, 2.24) is 0 Å². The first kappa shape index (κ1) is 14.8. The Kier molecular flexibility index (Phi) is 5.44. The normalized spacial score (nSPS) is 12.3. The van der Waals surface area contributed by atoms with E-state index in [1.54, 1.807) is 7.11 Å². The molecule has 0 aliphatic heterocycles. The Bertz CT molecular complexity index is 393. The third kappa shape index (κ3) is 3.15. The molecule has 0 saturated carbocycles. The van der Waals surface area contributed by atoms with E-state index in [1.165, 1.54) is 0 Å². The van der Waals surface area contributed by atoms with Crippen LogP contribution in [0.2, 0.25) is 0 Å². The number of aliphatic hydroxyl groups excluding tert-OH is 2. The van der Waals surface area contributed by atoms with E-state index >= 15 is 0 Å². The van der Waals surface area contributed by atoms with Gasteiger partial charge in [0.15, 0.2) is 0 Å². The average Bonchev–Trinajstić information content (AvgIpc) is 2.34. The molecule has 0 amide bonds. The molecule has 1 unspecified atom stereocenters. The van der Waals surface area contributed by atoms with Crippen molar-refractivity contribution in [2.75, 3.05) is 32.3 Å². The van der Waals surface area contributed by atoms with Crippen molar-refractivity contribution in [3.05, 3.63) is 23.3 Å². The molecule has 4 nitrogen and oxygen atoms in total. The second kappa shape index (κ2) is 6.61. The van der Waals surface area contributed by atoms with Crippen molar-refractivity contribution < 1.29 is 14.9 Å². The predicted octanol–water partition coefficient (Wildman–Crippen LogP) is 1.49. The number of methoxy groups -OCH3 is 1. The standard InChI is InChI=1S/C14H23NO3/c1-10-7-11(2)14(18-4)13(8-10)15(3)12(9-17)5-6-16/h7-8,12,16-17H,5-6,9H2,1-4H3. The van der Waals surface area contributed by atoms with Crippen LogP contribution in [0.25, 0.3) is 0 Å². The van der Waals surface area contributed by atoms with Crippen molar-refractivity contribution in [2.45, 2.75) is 26.3 Å². The van der Waals surface area contributed by atoms with Gasteiger partial charge < -0.3 is 19.8 Å². The summed E-state index contributed by atoms with van der Waals surface area (Å²) in [5, 5.41) is 18.4. The second-order valence-corrected chi connectivity index (χ2v) is 4.59. The third-order valence-corrected chi connectivity index (χ3v) is 3.20. The summed E-state index contributed by atoms with van der Waals surface area (Å²) < 4.78 is 5.44. The van der Waals surface area contributed by atoms with Crippen LogP contribution in [-0.4, -0.2) is 43.6 Å². The molecule has 18 heavy (non-hydrogen) atoms. The molecule has 0 radical (unpaired) electrons. The molecule has 0 aliphatic rings. The number of likely N-dealkylation sites (N-methyl/N-ethyl adjacent to an activating group) is 1. The maximum absolute atomic E-state index is 9.40. The van der Waals surface area contributed by atoms with E-state index in [0.29, 0.717) is 6.42 Å². The van der Waals surface area contributed by atoms with Gasteiger partial charge in [0.05, 0.1) is 25.4 Å². The van der Waals surface area contributed by atoms with E-state index in [2.05, 4.69) is 6.07 Å². The van der Waals surface area contributed by atoms with Crippen molar-refractivity contribution in [3.63, 3.8) is 0 Å². The first-order valence-corrected chi connectivity index (χ1v) is 6.15. The Labute approximate surface area is 109 Å². The van der Waals surface area contributed by atoms with Gasteiger partial charge in [0.1, 0.15) is 5.75 Å². The average molecular weight is 253 g/mol. The zero-order chi connectivity index (χ0) is 13.7. The van der Waals surface area contributed by atoms with E-state index in [4.69, 9.17) is 9.84 Å². The van der Waals surface area contributed by atoms with Crippen LogP contribution in [0.5, 0.6) is 5.75 Å². The summed E-state index contributed by atoms with van der Waals surface area (Å²) in [7, 11) is 3.56. The van der Waals surface area contributed by atoms with Gasteiger partial charge in [0.2, 0.25) is 0 Å². The zero-order valence-corrected chi connectivity index (χ0v) is 11.6. The lowest BCUT2D eigenvalue weighted by molar-refractivity contribution is 0.217. The lowest BCUT2D eigenvalue weighted by atomic mass is 10.1. The highest BCUT2D eigenvalue weighted by molar-refractivity contribution is 5.63. The summed E-state index contributed by atoms with van der Waals surface area (Å²) in [6.07, 6.45) is 0.531. The molecule has 1 rings (SSSR count). The number of rotatable bonds is 6. The maximum atomic E-state index is 9.40. The molecular formula is C14H23NO3. The van der Waals surface area contributed by atoms with E-state index in [9.17, 15) is 5.11 Å². The molecule has 4 heteroatoms. The van der Waals surface area contributed by atoms with E-state index in [-0.39, 0.29) is 19.3 Å². The molecule has 0 spiro atoms. The minimum Gasteiger partial charge on any atom is -0.494 e. The predicted molar refractivity (Wildman–Crippen MR) is 73.4 cm³/mol. The van der Waals surface area contributed by atoms with Gasteiger partial charge in [0, 0.05) is 13.7 Å². The zero-order valence-electron chi connectivity index (χ0n) is 11.6. The quantitative estimate of drug-likeness (QED) is 0.806. The Balaban J connectivity index is 3.13. The Hall–Kier alpha value is -1.26. The second-order valence-electron chi connectivity index (χ2n) is 4.59. The van der Waals surface area contributed by atoms with Gasteiger partial charge in [-0.05, 0) is 37.5 Å². The van der Waals surface area contributed by atoms with E-state index < -0.39 is 0 Å². The molecule has 0 bridgehead atoms. The molecule has 2 N–H and O–H groups in total. The van der Waals surface area contributed by atoms with Crippen LogP contribution in [0.1, 0.15) is 17.5 Å². The van der Waals surface area contributed by atoms with Crippen LogP contribution >= 0.6 is 0 Å². The molecule has 102 valence electrons. The van der Waals surface area contributed by atoms with Gasteiger partial charge >= 0.3 is 0 Å². The number of aryl methyl sites for hydroxylation is 2. The van der Waals surface area contributed by atoms with Crippen LogP contribution in [0.15, 0.2) is 12.1 Å². The third-order valence-electron chi connectivity index (χ3n) is 3.20. The summed E-state index contributed by atoms with van der Waals surface area (Å²) in [5.41, 5.74) is 3.17. The molecule has 1 aromatic rings. The van der Waals surface area contributed by atoms with Gasteiger partial charge in [-0.2, -0.15) is 0 Å². The Morgan fingerprint density at radius 2 is 1.94 bits per heavy atom. The summed E-state index contributed by atoms with van der Waals surface area (Å²) in [6, 6.07) is 3.99. The maximum Gasteiger partial charge on any atom is 0.145 e. The molecule has 1 aromatic carbocycles. The Morgan fingerprint density at radius 3 is 2.44 bits per heavy atom. The minimum absolute atomic E-state index is 0.00715. The highest BCUT2D eigenvalue weighted by Crippen LogP contribution is 2.33. The fraction of sp³-hybridized carbons (Fsp3) is 0.571. The Morgan fingerprint density at radius 1 is 1.28 bits per heavy atom. The van der Waals surface area contributed by atoms with Gasteiger partial charge in [-0.3, -0.25) is 0 Å². The van der Waals surface area contributed by atoms with Crippen LogP contribution in [0.3, 0.4) is 0 Å². The van der Waals surface area contributed by atoms with Crippen LogP contribution in [-0.2, 0) is 0 Å². The topological polar surface area (TPSA) is 52.9 Å². The summed E-state index contributed by atoms with van der Waals surface area (Å²) >= 11 is 0. The van der Waals surface area contributed by atoms with Crippen LogP contribution < -0.4 is 9.64 Å². The number of ether oxygens (including phenoxy) is 1. The minimum atomic E-state index is -0.106. The van der Waals surface area contributed by atoms with Gasteiger partial charge in [0.25, 0.3) is 0 Å². The molecule has 0 aliphatic carbocycles. The first-order chi connectivity index (χ1) is 8.54. The molecule has 0 saturated heterocycles. The highest BCUT2D eigenvalue weighted by Gasteiger charge is 2.18. The number of benzene rings is 1. The number of anilines is 1. The molecule has 0 aromatic heterocycles. The number of nitrogens with zero attached hydrogens (tertiary/aromatic N) is 1. The number of aliphatic hydroxyl groups is 2.